The maximum absolute atomic E-state index is 12.5. The van der Waals surface area contributed by atoms with Crippen molar-refractivity contribution in [3.05, 3.63) is 82.0 Å². The number of hydrogen-bond donors (Lipinski definition) is 2. The lowest BCUT2D eigenvalue weighted by molar-refractivity contribution is 0.0953. The van der Waals surface area contributed by atoms with Crippen molar-refractivity contribution >= 4 is 38.9 Å². The molecule has 3 rings (SSSR count). The predicted octanol–water partition coefficient (Wildman–Crippen LogP) is 3.18. The molecule has 2 aromatic carbocycles. The van der Waals surface area contributed by atoms with E-state index in [0.717, 1.165) is 9.87 Å². The Kier molecular flexibility index (Phi) is 6.66. The Morgan fingerprint density at radius 2 is 1.70 bits per heavy atom. The lowest BCUT2D eigenvalue weighted by Gasteiger charge is -2.13. The Labute approximate surface area is 179 Å². The van der Waals surface area contributed by atoms with E-state index < -0.39 is 10.0 Å². The van der Waals surface area contributed by atoms with Gasteiger partial charge in [0.15, 0.2) is 0 Å². The molecule has 0 saturated heterocycles. The molecule has 0 aliphatic heterocycles. The molecule has 3 aromatic rings. The number of carbonyl (C=O) groups excluding carboxylic acids is 2. The number of carbonyl (C=O) groups is 2. The number of hydrogen-bond acceptors (Lipinski definition) is 5. The van der Waals surface area contributed by atoms with Crippen LogP contribution in [-0.2, 0) is 16.6 Å². The van der Waals surface area contributed by atoms with Crippen LogP contribution in [0.1, 0.15) is 25.6 Å². The van der Waals surface area contributed by atoms with Crippen molar-refractivity contribution in [2.24, 2.45) is 0 Å². The third-order valence-electron chi connectivity index (χ3n) is 4.28. The van der Waals surface area contributed by atoms with Gasteiger partial charge in [-0.3, -0.25) is 9.59 Å². The molecule has 0 radical (unpaired) electrons. The van der Waals surface area contributed by atoms with Crippen LogP contribution in [0.3, 0.4) is 0 Å². The van der Waals surface area contributed by atoms with E-state index in [1.54, 1.807) is 42.5 Å². The average Bonchev–Trinajstić information content (AvgIpc) is 3.27. The zero-order valence-corrected chi connectivity index (χ0v) is 18.1. The predicted molar refractivity (Wildman–Crippen MR) is 117 cm³/mol. The minimum Gasteiger partial charge on any atom is -0.347 e. The van der Waals surface area contributed by atoms with E-state index in [2.05, 4.69) is 10.6 Å². The lowest BCUT2D eigenvalue weighted by Crippen LogP contribution is -2.22. The molecule has 0 aliphatic carbocycles. The van der Waals surface area contributed by atoms with E-state index in [4.69, 9.17) is 0 Å². The number of benzene rings is 2. The van der Waals surface area contributed by atoms with E-state index in [9.17, 15) is 18.0 Å². The van der Waals surface area contributed by atoms with E-state index in [1.165, 1.54) is 37.6 Å². The highest BCUT2D eigenvalue weighted by atomic mass is 32.2. The number of sulfonamides is 1. The summed E-state index contributed by atoms with van der Waals surface area (Å²) >= 11 is 1.37. The number of anilines is 1. The fraction of sp³-hybridized carbons (Fsp3) is 0.143. The first-order valence-corrected chi connectivity index (χ1v) is 11.3. The summed E-state index contributed by atoms with van der Waals surface area (Å²) in [5, 5.41) is 7.38. The standard InChI is InChI=1S/C21H21N3O4S2/c1-24(2)30(27,28)18-6-3-5-17(13-18)23-20(25)16-10-8-15(9-11-16)14-22-21(26)19-7-4-12-29-19/h3-13H,14H2,1-2H3,(H,22,26)(H,23,25). The molecule has 0 saturated carbocycles. The maximum atomic E-state index is 12.5. The molecule has 2 N–H and O–H groups in total. The van der Waals surface area contributed by atoms with Crippen LogP contribution in [0, 0.1) is 0 Å². The Bertz CT molecular complexity index is 1140. The summed E-state index contributed by atoms with van der Waals surface area (Å²) in [7, 11) is -0.688. The van der Waals surface area contributed by atoms with Crippen LogP contribution in [0.15, 0.2) is 70.9 Å². The smallest absolute Gasteiger partial charge is 0.261 e. The second kappa shape index (κ2) is 9.21. The molecule has 9 heteroatoms. The first-order valence-electron chi connectivity index (χ1n) is 9.02. The van der Waals surface area contributed by atoms with Gasteiger partial charge in [0.1, 0.15) is 0 Å². The molecule has 0 atom stereocenters. The first-order chi connectivity index (χ1) is 14.3. The topological polar surface area (TPSA) is 95.6 Å². The molecule has 2 amide bonds. The Hall–Kier alpha value is -3.01. The second-order valence-electron chi connectivity index (χ2n) is 6.63. The quantitative estimate of drug-likeness (QED) is 0.586. The van der Waals surface area contributed by atoms with Crippen molar-refractivity contribution in [2.45, 2.75) is 11.4 Å². The van der Waals surface area contributed by atoms with Gasteiger partial charge in [-0.25, -0.2) is 12.7 Å². The lowest BCUT2D eigenvalue weighted by atomic mass is 10.1. The van der Waals surface area contributed by atoms with Gasteiger partial charge in [0.2, 0.25) is 10.0 Å². The molecule has 0 aliphatic rings. The van der Waals surface area contributed by atoms with Crippen molar-refractivity contribution in [3.8, 4) is 0 Å². The van der Waals surface area contributed by atoms with Crippen LogP contribution >= 0.6 is 11.3 Å². The number of nitrogens with zero attached hydrogens (tertiary/aromatic N) is 1. The summed E-state index contributed by atoms with van der Waals surface area (Å²) in [6, 6.07) is 16.5. The highest BCUT2D eigenvalue weighted by Crippen LogP contribution is 2.19. The minimum absolute atomic E-state index is 0.0992. The van der Waals surface area contributed by atoms with E-state index >= 15 is 0 Å². The normalized spacial score (nSPS) is 11.3. The summed E-state index contributed by atoms with van der Waals surface area (Å²) in [5.74, 6) is -0.497. The minimum atomic E-state index is -3.59. The van der Waals surface area contributed by atoms with Crippen LogP contribution in [0.2, 0.25) is 0 Å². The third kappa shape index (κ3) is 5.12. The fourth-order valence-corrected chi connectivity index (χ4v) is 4.19. The van der Waals surface area contributed by atoms with Crippen molar-refractivity contribution in [2.75, 3.05) is 19.4 Å². The van der Waals surface area contributed by atoms with Crippen LogP contribution in [0.5, 0.6) is 0 Å². The van der Waals surface area contributed by atoms with Gasteiger partial charge >= 0.3 is 0 Å². The molecular weight excluding hydrogens is 422 g/mol. The molecule has 156 valence electrons. The van der Waals surface area contributed by atoms with Crippen molar-refractivity contribution in [1.82, 2.24) is 9.62 Å². The molecule has 0 spiro atoms. The zero-order chi connectivity index (χ0) is 21.7. The van der Waals surface area contributed by atoms with E-state index in [1.807, 2.05) is 11.4 Å². The van der Waals surface area contributed by atoms with Crippen LogP contribution in [-0.4, -0.2) is 38.6 Å². The number of nitrogens with one attached hydrogen (secondary N) is 2. The molecular formula is C21H21N3O4S2. The fourth-order valence-electron chi connectivity index (χ4n) is 2.60. The summed E-state index contributed by atoms with van der Waals surface area (Å²) in [6.07, 6.45) is 0. The average molecular weight is 444 g/mol. The number of thiophene rings is 1. The van der Waals surface area contributed by atoms with Gasteiger partial charge in [0, 0.05) is 31.9 Å². The molecule has 0 bridgehead atoms. The molecule has 0 fully saturated rings. The third-order valence-corrected chi connectivity index (χ3v) is 6.96. The monoisotopic (exact) mass is 443 g/mol. The SMILES string of the molecule is CN(C)S(=O)(=O)c1cccc(NC(=O)c2ccc(CNC(=O)c3cccs3)cc2)c1. The largest absolute Gasteiger partial charge is 0.347 e. The summed E-state index contributed by atoms with van der Waals surface area (Å²) in [4.78, 5) is 25.2. The summed E-state index contributed by atoms with van der Waals surface area (Å²) < 4.78 is 25.6. The summed E-state index contributed by atoms with van der Waals surface area (Å²) in [6.45, 7) is 0.350. The van der Waals surface area contributed by atoms with Gasteiger partial charge in [0.05, 0.1) is 9.77 Å². The molecule has 1 heterocycles. The van der Waals surface area contributed by atoms with Gasteiger partial charge < -0.3 is 10.6 Å². The van der Waals surface area contributed by atoms with Crippen molar-refractivity contribution in [3.63, 3.8) is 0 Å². The second-order valence-corrected chi connectivity index (χ2v) is 9.73. The molecule has 30 heavy (non-hydrogen) atoms. The Morgan fingerprint density at radius 3 is 2.33 bits per heavy atom. The Balaban J connectivity index is 1.63. The van der Waals surface area contributed by atoms with Gasteiger partial charge in [-0.2, -0.15) is 0 Å². The van der Waals surface area contributed by atoms with Gasteiger partial charge in [-0.1, -0.05) is 24.3 Å². The number of rotatable bonds is 7. The summed E-state index contributed by atoms with van der Waals surface area (Å²) in [5.41, 5.74) is 1.66. The van der Waals surface area contributed by atoms with Crippen molar-refractivity contribution in [1.29, 1.82) is 0 Å². The highest BCUT2D eigenvalue weighted by Gasteiger charge is 2.17. The van der Waals surface area contributed by atoms with E-state index in [0.29, 0.717) is 22.7 Å². The highest BCUT2D eigenvalue weighted by molar-refractivity contribution is 7.89. The van der Waals surface area contributed by atoms with Gasteiger partial charge in [-0.05, 0) is 47.3 Å². The van der Waals surface area contributed by atoms with Crippen molar-refractivity contribution < 1.29 is 18.0 Å². The van der Waals surface area contributed by atoms with E-state index in [-0.39, 0.29) is 16.7 Å². The van der Waals surface area contributed by atoms with Crippen LogP contribution in [0.4, 0.5) is 5.69 Å². The van der Waals surface area contributed by atoms with Gasteiger partial charge in [-0.15, -0.1) is 11.3 Å². The van der Waals surface area contributed by atoms with Gasteiger partial charge in [0.25, 0.3) is 11.8 Å². The number of amides is 2. The zero-order valence-electron chi connectivity index (χ0n) is 16.5. The maximum Gasteiger partial charge on any atom is 0.261 e. The van der Waals surface area contributed by atoms with Crippen LogP contribution < -0.4 is 10.6 Å². The molecule has 1 aromatic heterocycles. The Morgan fingerprint density at radius 1 is 0.967 bits per heavy atom. The molecule has 0 unspecified atom stereocenters. The van der Waals surface area contributed by atoms with Crippen LogP contribution in [0.25, 0.3) is 0 Å². The first kappa shape index (κ1) is 21.7. The molecule has 7 nitrogen and oxygen atoms in total.